The van der Waals surface area contributed by atoms with Crippen molar-refractivity contribution < 1.29 is 38.3 Å². The number of nitrogens with one attached hydrogen (secondary N) is 1. The molecule has 0 aliphatic heterocycles. The Balaban J connectivity index is 3.06. The standard InChI is InChI=1S/C21H28B3N5O9/c1-12(13-10-16(35-2)17(11-15(13)29(33)34)36-9-4-3-8-30)37-20(32)28-14(6-5-7-27-19(25)26)18(31)38-21(22,23)24/h8,10-12,14H,3-7,9H2,1-2H3,(H,28,32)(H4,25,26,27). The molecule has 14 nitrogen and oxygen atoms in total. The molecular weight excluding hydrogens is 499 g/mol. The van der Waals surface area contributed by atoms with Gasteiger partial charge in [0.15, 0.2) is 17.5 Å². The second-order valence-corrected chi connectivity index (χ2v) is 7.94. The van der Waals surface area contributed by atoms with Gasteiger partial charge in [0.25, 0.3) is 5.69 Å². The number of aldehydes is 1. The van der Waals surface area contributed by atoms with Crippen LogP contribution in [-0.2, 0) is 19.1 Å². The molecule has 1 rings (SSSR count). The highest BCUT2D eigenvalue weighted by Crippen LogP contribution is 2.38. The molecule has 1 amide bonds. The van der Waals surface area contributed by atoms with Gasteiger partial charge in [-0.25, -0.2) is 9.59 Å². The average Bonchev–Trinajstić information content (AvgIpc) is 2.81. The summed E-state index contributed by atoms with van der Waals surface area (Å²) in [5.41, 5.74) is 10.1. The molecule has 0 aromatic heterocycles. The Labute approximate surface area is 223 Å². The Bertz CT molecular complexity index is 1020. The summed E-state index contributed by atoms with van der Waals surface area (Å²) in [5, 5.41) is 11.7. The quantitative estimate of drug-likeness (QED) is 0.0376. The van der Waals surface area contributed by atoms with E-state index >= 15 is 0 Å². The van der Waals surface area contributed by atoms with Crippen molar-refractivity contribution in [3.05, 3.63) is 27.8 Å². The number of carbonyl (C=O) groups excluding carboxylic acids is 3. The van der Waals surface area contributed by atoms with E-state index in [2.05, 4.69) is 10.3 Å². The summed E-state index contributed by atoms with van der Waals surface area (Å²) in [7, 11) is 17.2. The predicted octanol–water partition coefficient (Wildman–Crippen LogP) is -0.169. The van der Waals surface area contributed by atoms with Gasteiger partial charge in [-0.15, -0.1) is 0 Å². The summed E-state index contributed by atoms with van der Waals surface area (Å²) >= 11 is 0. The van der Waals surface area contributed by atoms with Crippen LogP contribution in [-0.4, -0.2) is 84.4 Å². The molecule has 0 saturated carbocycles. The summed E-state index contributed by atoms with van der Waals surface area (Å²) < 4.78 is 20.7. The third kappa shape index (κ3) is 11.4. The van der Waals surface area contributed by atoms with Crippen LogP contribution in [0.15, 0.2) is 17.1 Å². The number of nitrogens with two attached hydrogens (primary N) is 2. The van der Waals surface area contributed by atoms with Crippen LogP contribution in [0.4, 0.5) is 10.5 Å². The molecule has 1 aromatic rings. The number of alkyl carbamates (subject to hydrolysis) is 1. The van der Waals surface area contributed by atoms with E-state index in [1.54, 1.807) is 0 Å². The number of guanidine groups is 1. The maximum atomic E-state index is 12.6. The van der Waals surface area contributed by atoms with E-state index in [1.807, 2.05) is 0 Å². The van der Waals surface area contributed by atoms with Crippen LogP contribution < -0.4 is 26.3 Å². The van der Waals surface area contributed by atoms with E-state index in [0.717, 1.165) is 12.4 Å². The number of rotatable bonds is 16. The number of esters is 1. The van der Waals surface area contributed by atoms with Crippen molar-refractivity contribution in [3.8, 4) is 11.5 Å². The lowest BCUT2D eigenvalue weighted by molar-refractivity contribution is -0.386. The van der Waals surface area contributed by atoms with Crippen LogP contribution in [0.5, 0.6) is 11.5 Å². The second-order valence-electron chi connectivity index (χ2n) is 7.94. The normalized spacial score (nSPS) is 12.4. The van der Waals surface area contributed by atoms with Crippen molar-refractivity contribution in [2.75, 3.05) is 20.3 Å². The third-order valence-corrected chi connectivity index (χ3v) is 4.75. The molecule has 0 heterocycles. The highest BCUT2D eigenvalue weighted by molar-refractivity contribution is 6.58. The van der Waals surface area contributed by atoms with Crippen molar-refractivity contribution in [2.45, 2.75) is 50.1 Å². The molecular formula is C21H28B3N5O9. The van der Waals surface area contributed by atoms with Crippen molar-refractivity contribution in [3.63, 3.8) is 0 Å². The van der Waals surface area contributed by atoms with Gasteiger partial charge in [0.1, 0.15) is 42.0 Å². The zero-order valence-electron chi connectivity index (χ0n) is 21.1. The topological polar surface area (TPSA) is 208 Å². The fourth-order valence-electron chi connectivity index (χ4n) is 3.07. The second kappa shape index (κ2) is 15.4. The van der Waals surface area contributed by atoms with E-state index < -0.39 is 40.1 Å². The molecule has 6 radical (unpaired) electrons. The number of amides is 1. The van der Waals surface area contributed by atoms with Gasteiger partial charge in [-0.1, -0.05) is 0 Å². The lowest BCUT2D eigenvalue weighted by Crippen LogP contribution is -2.47. The van der Waals surface area contributed by atoms with E-state index in [-0.39, 0.29) is 55.4 Å². The summed E-state index contributed by atoms with van der Waals surface area (Å²) in [6.45, 7) is 1.63. The first-order valence-electron chi connectivity index (χ1n) is 11.3. The molecule has 1 aromatic carbocycles. The molecule has 0 aliphatic rings. The van der Waals surface area contributed by atoms with Crippen LogP contribution in [0, 0.1) is 10.1 Å². The summed E-state index contributed by atoms with van der Waals surface area (Å²) in [6, 6.07) is 1.10. The Hall–Kier alpha value is -3.91. The first kappa shape index (κ1) is 32.1. The largest absolute Gasteiger partial charge is 0.493 e. The van der Waals surface area contributed by atoms with Gasteiger partial charge in [0.2, 0.25) is 0 Å². The number of benzene rings is 1. The zero-order valence-corrected chi connectivity index (χ0v) is 21.1. The van der Waals surface area contributed by atoms with E-state index in [1.165, 1.54) is 20.1 Å². The van der Waals surface area contributed by atoms with Crippen LogP contribution in [0.25, 0.3) is 0 Å². The van der Waals surface area contributed by atoms with E-state index in [9.17, 15) is 24.5 Å². The number of carbonyl (C=O) groups is 3. The van der Waals surface area contributed by atoms with Crippen LogP contribution in [0.3, 0.4) is 0 Å². The molecule has 5 N–H and O–H groups in total. The van der Waals surface area contributed by atoms with Gasteiger partial charge in [-0.3, -0.25) is 15.1 Å². The molecule has 2 unspecified atom stereocenters. The smallest absolute Gasteiger partial charge is 0.408 e. The van der Waals surface area contributed by atoms with E-state index in [4.69, 9.17) is 54.0 Å². The van der Waals surface area contributed by atoms with Gasteiger partial charge >= 0.3 is 12.1 Å². The van der Waals surface area contributed by atoms with Crippen LogP contribution in [0.2, 0.25) is 0 Å². The van der Waals surface area contributed by atoms with Gasteiger partial charge in [0, 0.05) is 13.0 Å². The molecule has 200 valence electrons. The number of nitro benzene ring substituents is 1. The first-order valence-corrected chi connectivity index (χ1v) is 11.3. The third-order valence-electron chi connectivity index (χ3n) is 4.75. The number of nitrogens with zero attached hydrogens (tertiary/aromatic N) is 2. The SMILES string of the molecule is [B]C([B])([B])OC(=O)C(CCCN=C(N)N)NC(=O)OC(C)c1cc(OC)c(OCCCC=O)cc1[N+](=O)[O-]. The van der Waals surface area contributed by atoms with Gasteiger partial charge < -0.3 is 40.5 Å². The van der Waals surface area contributed by atoms with Crippen molar-refractivity contribution in [1.29, 1.82) is 0 Å². The zero-order chi connectivity index (χ0) is 28.9. The first-order chi connectivity index (χ1) is 17.8. The number of unbranched alkanes of at least 4 members (excludes halogenated alkanes) is 1. The van der Waals surface area contributed by atoms with E-state index in [0.29, 0.717) is 6.42 Å². The highest BCUT2D eigenvalue weighted by atomic mass is 16.6. The van der Waals surface area contributed by atoms with Crippen molar-refractivity contribution >= 4 is 53.5 Å². The summed E-state index contributed by atoms with van der Waals surface area (Å²) in [4.78, 5) is 50.3. The molecule has 0 aliphatic carbocycles. The maximum Gasteiger partial charge on any atom is 0.408 e. The van der Waals surface area contributed by atoms with Gasteiger partial charge in [-0.2, -0.15) is 0 Å². The molecule has 38 heavy (non-hydrogen) atoms. The van der Waals surface area contributed by atoms with Crippen LogP contribution in [0.1, 0.15) is 44.3 Å². The number of methoxy groups -OCH3 is 1. The Morgan fingerprint density at radius 3 is 2.47 bits per heavy atom. The molecule has 0 spiro atoms. The average molecular weight is 527 g/mol. The summed E-state index contributed by atoms with van der Waals surface area (Å²) in [5.74, 6) is -1.01. The molecule has 0 saturated heterocycles. The fourth-order valence-corrected chi connectivity index (χ4v) is 3.07. The number of hydrogen-bond acceptors (Lipinski definition) is 10. The number of aliphatic imine (C=N–C) groups is 1. The number of hydrogen-bond donors (Lipinski definition) is 3. The predicted molar refractivity (Wildman–Crippen MR) is 138 cm³/mol. The molecule has 0 bridgehead atoms. The molecule has 17 heteroatoms. The number of nitro groups is 1. The lowest BCUT2D eigenvalue weighted by atomic mass is 9.52. The minimum Gasteiger partial charge on any atom is -0.493 e. The highest BCUT2D eigenvalue weighted by Gasteiger charge is 2.29. The monoisotopic (exact) mass is 527 g/mol. The van der Waals surface area contributed by atoms with Crippen molar-refractivity contribution in [2.24, 2.45) is 16.5 Å². The number of ether oxygens (including phenoxy) is 4. The van der Waals surface area contributed by atoms with Crippen LogP contribution >= 0.6 is 0 Å². The Morgan fingerprint density at radius 2 is 1.92 bits per heavy atom. The van der Waals surface area contributed by atoms with Crippen molar-refractivity contribution in [1.82, 2.24) is 5.32 Å². The molecule has 2 atom stereocenters. The van der Waals surface area contributed by atoms with Gasteiger partial charge in [-0.05, 0) is 37.6 Å². The maximum absolute atomic E-state index is 12.6. The Kier molecular flexibility index (Phi) is 13.0. The molecule has 0 fully saturated rings. The Morgan fingerprint density at radius 1 is 1.24 bits per heavy atom. The minimum atomic E-state index is -2.30. The fraction of sp³-hybridized carbons (Fsp3) is 0.524. The minimum absolute atomic E-state index is 0.0146. The lowest BCUT2D eigenvalue weighted by Gasteiger charge is -2.26. The summed E-state index contributed by atoms with van der Waals surface area (Å²) in [6.07, 6.45) is -0.686. The van der Waals surface area contributed by atoms with Gasteiger partial charge in [0.05, 0.1) is 30.3 Å².